The highest BCUT2D eigenvalue weighted by molar-refractivity contribution is 5.95. The van der Waals surface area contributed by atoms with Crippen molar-refractivity contribution in [3.8, 4) is 0 Å². The third-order valence-corrected chi connectivity index (χ3v) is 3.50. The first-order chi connectivity index (χ1) is 9.99. The Kier molecular flexibility index (Phi) is 4.85. The highest BCUT2D eigenvalue weighted by Crippen LogP contribution is 2.21. The van der Waals surface area contributed by atoms with E-state index in [9.17, 15) is 19.3 Å². The molecule has 0 radical (unpaired) electrons. The number of rotatable bonds is 4. The van der Waals surface area contributed by atoms with Crippen LogP contribution in [-0.2, 0) is 4.74 Å². The Labute approximate surface area is 121 Å². The molecule has 0 aromatic heterocycles. The van der Waals surface area contributed by atoms with Crippen LogP contribution in [0, 0.1) is 28.8 Å². The number of nitrogens with one attached hydrogen (secondary N) is 1. The van der Waals surface area contributed by atoms with Gasteiger partial charge >= 0.3 is 0 Å². The van der Waals surface area contributed by atoms with E-state index in [1.807, 2.05) is 0 Å². The molecule has 0 bridgehead atoms. The third-order valence-electron chi connectivity index (χ3n) is 3.50. The Morgan fingerprint density at radius 1 is 1.57 bits per heavy atom. The van der Waals surface area contributed by atoms with Crippen LogP contribution in [-0.4, -0.2) is 30.6 Å². The van der Waals surface area contributed by atoms with Gasteiger partial charge in [0.25, 0.3) is 11.6 Å². The molecule has 0 aliphatic carbocycles. The van der Waals surface area contributed by atoms with Crippen molar-refractivity contribution in [1.82, 2.24) is 5.32 Å². The number of nitro groups is 1. The van der Waals surface area contributed by atoms with Crippen LogP contribution in [0.2, 0.25) is 0 Å². The minimum Gasteiger partial charge on any atom is -0.381 e. The Bertz CT molecular complexity index is 556. The molecule has 1 heterocycles. The van der Waals surface area contributed by atoms with E-state index in [-0.39, 0.29) is 22.7 Å². The van der Waals surface area contributed by atoms with Crippen molar-refractivity contribution < 1.29 is 18.8 Å². The fourth-order valence-corrected chi connectivity index (χ4v) is 2.32. The maximum absolute atomic E-state index is 14.0. The first-order valence-corrected chi connectivity index (χ1v) is 6.79. The number of non-ortho nitro benzene ring substituents is 1. The minimum atomic E-state index is -0.724. The Hall–Kier alpha value is -2.02. The molecule has 1 unspecified atom stereocenters. The van der Waals surface area contributed by atoms with E-state index in [1.54, 1.807) is 0 Å². The molecule has 1 N–H and O–H groups in total. The SMILES string of the molecule is Cc1cc([N+](=O)[O-])cc(C(=O)NCC2CCCOC2)c1F. The van der Waals surface area contributed by atoms with E-state index in [4.69, 9.17) is 4.74 Å². The van der Waals surface area contributed by atoms with Gasteiger partial charge in [0.15, 0.2) is 0 Å². The van der Waals surface area contributed by atoms with Crippen LogP contribution in [0.4, 0.5) is 10.1 Å². The summed E-state index contributed by atoms with van der Waals surface area (Å²) in [4.78, 5) is 22.2. The van der Waals surface area contributed by atoms with Crippen molar-refractivity contribution in [1.29, 1.82) is 0 Å². The zero-order valence-electron chi connectivity index (χ0n) is 11.7. The third kappa shape index (κ3) is 3.75. The molecule has 1 fully saturated rings. The highest BCUT2D eigenvalue weighted by atomic mass is 19.1. The maximum Gasteiger partial charge on any atom is 0.270 e. The summed E-state index contributed by atoms with van der Waals surface area (Å²) >= 11 is 0. The lowest BCUT2D eigenvalue weighted by Crippen LogP contribution is -2.33. The van der Waals surface area contributed by atoms with Gasteiger partial charge in [0.1, 0.15) is 5.82 Å². The van der Waals surface area contributed by atoms with Crippen LogP contribution in [0.5, 0.6) is 0 Å². The monoisotopic (exact) mass is 296 g/mol. The van der Waals surface area contributed by atoms with Crippen LogP contribution in [0.1, 0.15) is 28.8 Å². The molecule has 0 spiro atoms. The van der Waals surface area contributed by atoms with Crippen molar-refractivity contribution >= 4 is 11.6 Å². The Balaban J connectivity index is 2.09. The summed E-state index contributed by atoms with van der Waals surface area (Å²) in [7, 11) is 0. The zero-order chi connectivity index (χ0) is 15.4. The molecule has 1 aromatic carbocycles. The van der Waals surface area contributed by atoms with E-state index in [1.165, 1.54) is 6.92 Å². The van der Waals surface area contributed by atoms with Crippen molar-refractivity contribution in [2.45, 2.75) is 19.8 Å². The molecule has 1 amide bonds. The maximum atomic E-state index is 14.0. The van der Waals surface area contributed by atoms with Gasteiger partial charge in [-0.1, -0.05) is 0 Å². The number of hydrogen-bond acceptors (Lipinski definition) is 4. The van der Waals surface area contributed by atoms with Crippen LogP contribution in [0.25, 0.3) is 0 Å². The smallest absolute Gasteiger partial charge is 0.270 e. The average molecular weight is 296 g/mol. The number of nitro benzene ring substituents is 1. The van der Waals surface area contributed by atoms with E-state index >= 15 is 0 Å². The normalized spacial score (nSPS) is 18.3. The number of hydrogen-bond donors (Lipinski definition) is 1. The van der Waals surface area contributed by atoms with Crippen LogP contribution >= 0.6 is 0 Å². The fraction of sp³-hybridized carbons (Fsp3) is 0.500. The number of nitrogens with zero attached hydrogens (tertiary/aromatic N) is 1. The van der Waals surface area contributed by atoms with Gasteiger partial charge < -0.3 is 10.1 Å². The molecular formula is C14H17FN2O4. The molecule has 1 saturated heterocycles. The van der Waals surface area contributed by atoms with Crippen LogP contribution < -0.4 is 5.32 Å². The van der Waals surface area contributed by atoms with E-state index in [0.29, 0.717) is 13.2 Å². The summed E-state index contributed by atoms with van der Waals surface area (Å²) in [6, 6.07) is 2.08. The molecule has 1 aliphatic heterocycles. The molecule has 7 heteroatoms. The van der Waals surface area contributed by atoms with Gasteiger partial charge in [-0.05, 0) is 31.2 Å². The van der Waals surface area contributed by atoms with Gasteiger partial charge in [-0.3, -0.25) is 14.9 Å². The van der Waals surface area contributed by atoms with Gasteiger partial charge in [0.05, 0.1) is 17.1 Å². The molecule has 2 rings (SSSR count). The predicted molar refractivity (Wildman–Crippen MR) is 73.7 cm³/mol. The number of amides is 1. The summed E-state index contributed by atoms with van der Waals surface area (Å²) in [5.74, 6) is -1.16. The summed E-state index contributed by atoms with van der Waals surface area (Å²) in [5, 5.41) is 13.4. The number of ether oxygens (including phenoxy) is 1. The standard InChI is InChI=1S/C14H17FN2O4/c1-9-5-11(17(19)20)6-12(13(9)15)14(18)16-7-10-3-2-4-21-8-10/h5-6,10H,2-4,7-8H2,1H3,(H,16,18). The van der Waals surface area contributed by atoms with Gasteiger partial charge in [-0.15, -0.1) is 0 Å². The van der Waals surface area contributed by atoms with E-state index in [2.05, 4.69) is 5.32 Å². The molecular weight excluding hydrogens is 279 g/mol. The molecule has 1 aromatic rings. The minimum absolute atomic E-state index is 0.0790. The van der Waals surface area contributed by atoms with Crippen molar-refractivity contribution in [3.05, 3.63) is 39.2 Å². The first kappa shape index (κ1) is 15.4. The van der Waals surface area contributed by atoms with E-state index < -0.39 is 16.6 Å². The van der Waals surface area contributed by atoms with E-state index in [0.717, 1.165) is 31.6 Å². The molecule has 114 valence electrons. The lowest BCUT2D eigenvalue weighted by Gasteiger charge is -2.22. The second-order valence-corrected chi connectivity index (χ2v) is 5.17. The van der Waals surface area contributed by atoms with Crippen LogP contribution in [0.3, 0.4) is 0 Å². The highest BCUT2D eigenvalue weighted by Gasteiger charge is 2.21. The second-order valence-electron chi connectivity index (χ2n) is 5.17. The topological polar surface area (TPSA) is 81.5 Å². The van der Waals surface area contributed by atoms with Crippen molar-refractivity contribution in [2.24, 2.45) is 5.92 Å². The molecule has 21 heavy (non-hydrogen) atoms. The summed E-state index contributed by atoms with van der Waals surface area (Å²) in [5.41, 5.74) is -0.506. The number of aryl methyl sites for hydroxylation is 1. The second kappa shape index (κ2) is 6.62. The first-order valence-electron chi connectivity index (χ1n) is 6.79. The van der Waals surface area contributed by atoms with Gasteiger partial charge in [-0.2, -0.15) is 0 Å². The quantitative estimate of drug-likeness (QED) is 0.682. The molecule has 6 nitrogen and oxygen atoms in total. The summed E-state index contributed by atoms with van der Waals surface area (Å²) in [6.07, 6.45) is 1.88. The fourth-order valence-electron chi connectivity index (χ4n) is 2.32. The Morgan fingerprint density at radius 2 is 2.33 bits per heavy atom. The average Bonchev–Trinajstić information content (AvgIpc) is 2.48. The number of benzene rings is 1. The lowest BCUT2D eigenvalue weighted by molar-refractivity contribution is -0.385. The van der Waals surface area contributed by atoms with Crippen molar-refractivity contribution in [3.63, 3.8) is 0 Å². The predicted octanol–water partition coefficient (Wildman–Crippen LogP) is 2.20. The van der Waals surface area contributed by atoms with Gasteiger partial charge in [0, 0.05) is 25.3 Å². The van der Waals surface area contributed by atoms with Gasteiger partial charge in [0.2, 0.25) is 0 Å². The number of carbonyl (C=O) groups excluding carboxylic acids is 1. The lowest BCUT2D eigenvalue weighted by atomic mass is 10.0. The summed E-state index contributed by atoms with van der Waals surface area (Å²) < 4.78 is 19.3. The number of halogens is 1. The van der Waals surface area contributed by atoms with Crippen LogP contribution in [0.15, 0.2) is 12.1 Å². The molecule has 0 saturated carbocycles. The molecule has 1 aliphatic rings. The van der Waals surface area contributed by atoms with Crippen molar-refractivity contribution in [2.75, 3.05) is 19.8 Å². The number of carbonyl (C=O) groups is 1. The largest absolute Gasteiger partial charge is 0.381 e. The van der Waals surface area contributed by atoms with Gasteiger partial charge in [-0.25, -0.2) is 4.39 Å². The summed E-state index contributed by atoms with van der Waals surface area (Å²) in [6.45, 7) is 3.06. The molecule has 1 atom stereocenters. The Morgan fingerprint density at radius 3 is 2.95 bits per heavy atom. The zero-order valence-corrected chi connectivity index (χ0v) is 11.7.